The number of fused-ring (bicyclic) bond motifs is 1. The Hall–Kier alpha value is -1.82. The summed E-state index contributed by atoms with van der Waals surface area (Å²) in [7, 11) is 0. The van der Waals surface area contributed by atoms with E-state index in [-0.39, 0.29) is 11.3 Å². The van der Waals surface area contributed by atoms with Crippen LogP contribution in [0, 0.1) is 0 Å². The fraction of sp³-hybridized carbons (Fsp3) is 0.625. The number of aryl methyl sites for hydroxylation is 1. The summed E-state index contributed by atoms with van der Waals surface area (Å²) in [5, 5.41) is 13.0. The first kappa shape index (κ1) is 16.5. The molecule has 0 radical (unpaired) electrons. The maximum absolute atomic E-state index is 12.2. The molecule has 0 saturated carbocycles. The SMILES string of the molecule is CCN(CC)CCNC(=O)c1c(O)c2c([nH]c1=O)CCCC2. The standard InChI is InChI=1S/C16H25N3O3/c1-3-19(4-2)10-9-17-15(21)13-14(20)11-7-5-6-8-12(11)18-16(13)22/h3-10H2,1-2H3,(H,17,21)(H2,18,20,22). The van der Waals surface area contributed by atoms with Crippen molar-refractivity contribution in [3.8, 4) is 5.75 Å². The Morgan fingerprint density at radius 3 is 2.64 bits per heavy atom. The van der Waals surface area contributed by atoms with Crippen LogP contribution in [0.25, 0.3) is 0 Å². The van der Waals surface area contributed by atoms with E-state index in [1.54, 1.807) is 0 Å². The lowest BCUT2D eigenvalue weighted by Crippen LogP contribution is -2.37. The van der Waals surface area contributed by atoms with Crippen LogP contribution in [-0.4, -0.2) is 47.1 Å². The molecule has 0 bridgehead atoms. The molecule has 122 valence electrons. The summed E-state index contributed by atoms with van der Waals surface area (Å²) in [4.78, 5) is 29.2. The lowest BCUT2D eigenvalue weighted by Gasteiger charge is -2.19. The maximum Gasteiger partial charge on any atom is 0.264 e. The van der Waals surface area contributed by atoms with Crippen molar-refractivity contribution >= 4 is 5.91 Å². The van der Waals surface area contributed by atoms with Gasteiger partial charge in [-0.1, -0.05) is 13.8 Å². The highest BCUT2D eigenvalue weighted by molar-refractivity contribution is 5.96. The Kier molecular flexibility index (Phi) is 5.60. The van der Waals surface area contributed by atoms with Gasteiger partial charge < -0.3 is 20.3 Å². The van der Waals surface area contributed by atoms with Gasteiger partial charge in [0.1, 0.15) is 11.3 Å². The Labute approximate surface area is 130 Å². The minimum atomic E-state index is -0.501. The molecule has 1 amide bonds. The molecule has 0 atom stereocenters. The molecule has 0 aliphatic heterocycles. The zero-order valence-corrected chi connectivity index (χ0v) is 13.4. The lowest BCUT2D eigenvalue weighted by molar-refractivity contribution is 0.0944. The van der Waals surface area contributed by atoms with E-state index in [9.17, 15) is 14.7 Å². The van der Waals surface area contributed by atoms with Crippen molar-refractivity contribution in [1.82, 2.24) is 15.2 Å². The van der Waals surface area contributed by atoms with Crippen molar-refractivity contribution in [2.45, 2.75) is 39.5 Å². The summed E-state index contributed by atoms with van der Waals surface area (Å²) in [6.07, 6.45) is 3.42. The molecule has 0 unspecified atom stereocenters. The van der Waals surface area contributed by atoms with Gasteiger partial charge in [-0.05, 0) is 38.8 Å². The number of hydrogen-bond donors (Lipinski definition) is 3. The first-order valence-corrected chi connectivity index (χ1v) is 8.06. The molecule has 22 heavy (non-hydrogen) atoms. The first-order chi connectivity index (χ1) is 10.6. The van der Waals surface area contributed by atoms with Gasteiger partial charge in [0, 0.05) is 24.3 Å². The fourth-order valence-corrected chi connectivity index (χ4v) is 2.93. The molecule has 2 rings (SSSR count). The van der Waals surface area contributed by atoms with Gasteiger partial charge in [-0.2, -0.15) is 0 Å². The summed E-state index contributed by atoms with van der Waals surface area (Å²) in [6, 6.07) is 0. The van der Waals surface area contributed by atoms with Crippen molar-refractivity contribution in [3.63, 3.8) is 0 Å². The number of hydrogen-bond acceptors (Lipinski definition) is 4. The average Bonchev–Trinajstić information content (AvgIpc) is 2.51. The van der Waals surface area contributed by atoms with Crippen LogP contribution >= 0.6 is 0 Å². The summed E-state index contributed by atoms with van der Waals surface area (Å²) in [5.41, 5.74) is 0.840. The molecule has 6 heteroatoms. The molecule has 1 aliphatic carbocycles. The average molecular weight is 307 g/mol. The number of pyridine rings is 1. The number of carbonyl (C=O) groups is 1. The van der Waals surface area contributed by atoms with Crippen LogP contribution in [0.15, 0.2) is 4.79 Å². The summed E-state index contributed by atoms with van der Waals surface area (Å²) >= 11 is 0. The summed E-state index contributed by atoms with van der Waals surface area (Å²) in [5.74, 6) is -0.641. The highest BCUT2D eigenvalue weighted by Gasteiger charge is 2.23. The number of rotatable bonds is 6. The van der Waals surface area contributed by atoms with Crippen LogP contribution in [-0.2, 0) is 12.8 Å². The number of aromatic nitrogens is 1. The molecule has 0 fully saturated rings. The molecule has 1 aromatic heterocycles. The van der Waals surface area contributed by atoms with Crippen LogP contribution in [0.2, 0.25) is 0 Å². The second-order valence-corrected chi connectivity index (χ2v) is 5.62. The fourth-order valence-electron chi connectivity index (χ4n) is 2.93. The lowest BCUT2D eigenvalue weighted by atomic mass is 9.93. The van der Waals surface area contributed by atoms with E-state index in [0.717, 1.165) is 50.2 Å². The smallest absolute Gasteiger partial charge is 0.264 e. The molecule has 1 heterocycles. The van der Waals surface area contributed by atoms with E-state index in [1.807, 2.05) is 0 Å². The predicted octanol–water partition coefficient (Wildman–Crippen LogP) is 1.03. The number of nitrogens with zero attached hydrogens (tertiary/aromatic N) is 1. The quantitative estimate of drug-likeness (QED) is 0.733. The van der Waals surface area contributed by atoms with Crippen LogP contribution < -0.4 is 10.9 Å². The van der Waals surface area contributed by atoms with E-state index < -0.39 is 11.5 Å². The zero-order valence-electron chi connectivity index (χ0n) is 13.4. The second-order valence-electron chi connectivity index (χ2n) is 5.62. The molecule has 1 aromatic rings. The highest BCUT2D eigenvalue weighted by atomic mass is 16.3. The van der Waals surface area contributed by atoms with Crippen molar-refractivity contribution in [3.05, 3.63) is 27.2 Å². The van der Waals surface area contributed by atoms with Crippen LogP contribution in [0.3, 0.4) is 0 Å². The minimum Gasteiger partial charge on any atom is -0.507 e. The normalized spacial score (nSPS) is 14.0. The van der Waals surface area contributed by atoms with Gasteiger partial charge in [0.25, 0.3) is 11.5 Å². The van der Waals surface area contributed by atoms with Gasteiger partial charge in [-0.15, -0.1) is 0 Å². The largest absolute Gasteiger partial charge is 0.507 e. The number of amides is 1. The van der Waals surface area contributed by atoms with Crippen molar-refractivity contribution in [2.75, 3.05) is 26.2 Å². The number of aromatic amines is 1. The molecule has 6 nitrogen and oxygen atoms in total. The van der Waals surface area contributed by atoms with Gasteiger partial charge in [0.15, 0.2) is 0 Å². The Balaban J connectivity index is 2.11. The number of carbonyl (C=O) groups excluding carboxylic acids is 1. The number of nitrogens with one attached hydrogen (secondary N) is 2. The minimum absolute atomic E-state index is 0.140. The van der Waals surface area contributed by atoms with Crippen molar-refractivity contribution in [1.29, 1.82) is 0 Å². The molecular formula is C16H25N3O3. The highest BCUT2D eigenvalue weighted by Crippen LogP contribution is 2.28. The van der Waals surface area contributed by atoms with Crippen molar-refractivity contribution < 1.29 is 9.90 Å². The zero-order chi connectivity index (χ0) is 16.1. The number of likely N-dealkylation sites (N-methyl/N-ethyl adjacent to an activating group) is 1. The first-order valence-electron chi connectivity index (χ1n) is 8.06. The van der Waals surface area contributed by atoms with Crippen LogP contribution in [0.5, 0.6) is 5.75 Å². The molecular weight excluding hydrogens is 282 g/mol. The van der Waals surface area contributed by atoms with Gasteiger partial charge in [-0.25, -0.2) is 0 Å². The topological polar surface area (TPSA) is 85.4 Å². The predicted molar refractivity (Wildman–Crippen MR) is 85.5 cm³/mol. The summed E-state index contributed by atoms with van der Waals surface area (Å²) < 4.78 is 0. The van der Waals surface area contributed by atoms with Gasteiger partial charge in [0.05, 0.1) is 0 Å². The number of H-pyrrole nitrogens is 1. The van der Waals surface area contributed by atoms with Crippen LogP contribution in [0.1, 0.15) is 48.3 Å². The molecule has 0 saturated heterocycles. The molecule has 0 aromatic carbocycles. The molecule has 0 spiro atoms. The molecule has 1 aliphatic rings. The van der Waals surface area contributed by atoms with Gasteiger partial charge in [0.2, 0.25) is 0 Å². The van der Waals surface area contributed by atoms with E-state index >= 15 is 0 Å². The second kappa shape index (κ2) is 7.45. The number of aromatic hydroxyl groups is 1. The van der Waals surface area contributed by atoms with E-state index in [2.05, 4.69) is 29.0 Å². The summed E-state index contributed by atoms with van der Waals surface area (Å²) in [6.45, 7) is 7.13. The Bertz CT molecular complexity index is 591. The van der Waals surface area contributed by atoms with Gasteiger partial charge >= 0.3 is 0 Å². The third-order valence-corrected chi connectivity index (χ3v) is 4.32. The molecule has 3 N–H and O–H groups in total. The maximum atomic E-state index is 12.2. The van der Waals surface area contributed by atoms with E-state index in [4.69, 9.17) is 0 Å². The monoisotopic (exact) mass is 307 g/mol. The van der Waals surface area contributed by atoms with Crippen molar-refractivity contribution in [2.24, 2.45) is 0 Å². The van der Waals surface area contributed by atoms with Gasteiger partial charge in [-0.3, -0.25) is 9.59 Å². The third kappa shape index (κ3) is 3.50. The third-order valence-electron chi connectivity index (χ3n) is 4.32. The Morgan fingerprint density at radius 2 is 1.95 bits per heavy atom. The van der Waals surface area contributed by atoms with E-state index in [1.165, 1.54) is 0 Å². The van der Waals surface area contributed by atoms with E-state index in [0.29, 0.717) is 13.0 Å². The van der Waals surface area contributed by atoms with Crippen LogP contribution in [0.4, 0.5) is 0 Å². The Morgan fingerprint density at radius 1 is 1.27 bits per heavy atom.